The number of nitro benzene ring substituents is 1. The Morgan fingerprint density at radius 1 is 1.35 bits per heavy atom. The molecule has 0 saturated carbocycles. The molecule has 1 atom stereocenters. The van der Waals surface area contributed by atoms with E-state index < -0.39 is 34.0 Å². The minimum absolute atomic E-state index is 0.0498. The van der Waals surface area contributed by atoms with Gasteiger partial charge in [-0.2, -0.15) is 13.2 Å². The Bertz CT molecular complexity index is 513. The fraction of sp³-hybridized carbons (Fsp3) is 0.500. The average Bonchev–Trinajstić information content (AvgIpc) is 2.26. The summed E-state index contributed by atoms with van der Waals surface area (Å²) in [5, 5.41) is 22.9. The molecule has 0 spiro atoms. The lowest BCUT2D eigenvalue weighted by atomic mass is 9.98. The number of anilines is 1. The summed E-state index contributed by atoms with van der Waals surface area (Å²) >= 11 is 0. The molecule has 0 radical (unpaired) electrons. The van der Waals surface area contributed by atoms with Crippen LogP contribution in [0, 0.1) is 10.1 Å². The molecule has 1 aromatic carbocycles. The molecule has 0 amide bonds. The van der Waals surface area contributed by atoms with Gasteiger partial charge in [0.1, 0.15) is 5.56 Å². The normalized spacial score (nSPS) is 13.9. The number of alkyl halides is 3. The van der Waals surface area contributed by atoms with Crippen molar-refractivity contribution in [3.05, 3.63) is 33.9 Å². The number of benzene rings is 1. The lowest BCUT2D eigenvalue weighted by molar-refractivity contribution is -0.388. The Morgan fingerprint density at radius 3 is 2.30 bits per heavy atom. The van der Waals surface area contributed by atoms with Crippen molar-refractivity contribution in [1.29, 1.82) is 0 Å². The van der Waals surface area contributed by atoms with Gasteiger partial charge in [0, 0.05) is 11.8 Å². The first kappa shape index (κ1) is 16.2. The summed E-state index contributed by atoms with van der Waals surface area (Å²) < 4.78 is 38.4. The van der Waals surface area contributed by atoms with Crippen molar-refractivity contribution in [2.75, 3.05) is 5.32 Å². The van der Waals surface area contributed by atoms with Crippen molar-refractivity contribution >= 4 is 11.4 Å². The van der Waals surface area contributed by atoms with Gasteiger partial charge in [0.2, 0.25) is 0 Å². The van der Waals surface area contributed by atoms with Gasteiger partial charge >= 0.3 is 6.18 Å². The summed E-state index contributed by atoms with van der Waals surface area (Å²) in [6.45, 7) is 4.70. The van der Waals surface area contributed by atoms with Gasteiger partial charge < -0.3 is 10.4 Å². The molecule has 5 nitrogen and oxygen atoms in total. The van der Waals surface area contributed by atoms with Crippen LogP contribution in [0.1, 0.15) is 26.3 Å². The maximum absolute atomic E-state index is 12.8. The fourth-order valence-corrected chi connectivity index (χ4v) is 1.48. The highest BCUT2D eigenvalue weighted by Gasteiger charge is 2.38. The van der Waals surface area contributed by atoms with E-state index in [4.69, 9.17) is 0 Å². The van der Waals surface area contributed by atoms with Gasteiger partial charge in [-0.1, -0.05) is 0 Å². The number of aliphatic hydroxyl groups excluding tert-OH is 1. The number of hydrogen-bond donors (Lipinski definition) is 2. The van der Waals surface area contributed by atoms with E-state index in [-0.39, 0.29) is 5.69 Å². The summed E-state index contributed by atoms with van der Waals surface area (Å²) in [7, 11) is 0. The second-order valence-electron chi connectivity index (χ2n) is 5.01. The van der Waals surface area contributed by atoms with Crippen molar-refractivity contribution in [2.24, 2.45) is 0 Å². The Hall–Kier alpha value is -1.83. The standard InChI is InChI=1S/C12H15F3N2O3/c1-7(18)11(2,3)16-8-4-5-10(17(19)20)9(6-8)12(13,14)15/h4-7,16,18H,1-3H3. The summed E-state index contributed by atoms with van der Waals surface area (Å²) in [5.41, 5.74) is -3.15. The Kier molecular flexibility index (Phi) is 4.28. The quantitative estimate of drug-likeness (QED) is 0.660. The first-order valence-corrected chi connectivity index (χ1v) is 5.77. The summed E-state index contributed by atoms with van der Waals surface area (Å²) in [5.74, 6) is 0. The first-order chi connectivity index (χ1) is 8.95. The molecule has 0 saturated heterocycles. The van der Waals surface area contributed by atoms with Crippen molar-refractivity contribution in [2.45, 2.75) is 38.6 Å². The third-order valence-electron chi connectivity index (χ3n) is 3.01. The number of nitrogens with zero attached hydrogens (tertiary/aromatic N) is 1. The molecule has 8 heteroatoms. The van der Waals surface area contributed by atoms with Gasteiger partial charge in [-0.3, -0.25) is 10.1 Å². The first-order valence-electron chi connectivity index (χ1n) is 5.77. The third kappa shape index (κ3) is 3.60. The lowest BCUT2D eigenvalue weighted by Crippen LogP contribution is -2.41. The van der Waals surface area contributed by atoms with E-state index in [9.17, 15) is 28.4 Å². The third-order valence-corrected chi connectivity index (χ3v) is 3.01. The molecule has 1 rings (SSSR count). The predicted molar refractivity (Wildman–Crippen MR) is 67.5 cm³/mol. The molecule has 0 aliphatic rings. The maximum atomic E-state index is 12.8. The number of nitro groups is 1. The van der Waals surface area contributed by atoms with E-state index in [1.54, 1.807) is 13.8 Å². The summed E-state index contributed by atoms with van der Waals surface area (Å²) in [6, 6.07) is 2.64. The van der Waals surface area contributed by atoms with Crippen LogP contribution in [0.15, 0.2) is 18.2 Å². The molecule has 0 aliphatic heterocycles. The maximum Gasteiger partial charge on any atom is 0.423 e. The highest BCUT2D eigenvalue weighted by molar-refractivity contribution is 5.56. The minimum atomic E-state index is -4.82. The number of hydrogen-bond acceptors (Lipinski definition) is 4. The van der Waals surface area contributed by atoms with Crippen LogP contribution in [0.2, 0.25) is 0 Å². The van der Waals surface area contributed by atoms with Gasteiger partial charge in [0.15, 0.2) is 0 Å². The van der Waals surface area contributed by atoms with Crippen molar-refractivity contribution < 1.29 is 23.2 Å². The SMILES string of the molecule is CC(O)C(C)(C)Nc1ccc([N+](=O)[O-])c(C(F)(F)F)c1. The van der Waals surface area contributed by atoms with E-state index >= 15 is 0 Å². The monoisotopic (exact) mass is 292 g/mol. The second-order valence-corrected chi connectivity index (χ2v) is 5.01. The van der Waals surface area contributed by atoms with Crippen molar-refractivity contribution in [3.63, 3.8) is 0 Å². The highest BCUT2D eigenvalue weighted by atomic mass is 19.4. The van der Waals surface area contributed by atoms with E-state index in [0.29, 0.717) is 6.07 Å². The van der Waals surface area contributed by atoms with Gasteiger partial charge in [-0.05, 0) is 32.9 Å². The van der Waals surface area contributed by atoms with E-state index in [1.807, 2.05) is 0 Å². The molecule has 1 aromatic rings. The van der Waals surface area contributed by atoms with Crippen LogP contribution in [-0.4, -0.2) is 21.7 Å². The molecule has 112 valence electrons. The van der Waals surface area contributed by atoms with Crippen LogP contribution in [-0.2, 0) is 6.18 Å². The smallest absolute Gasteiger partial charge is 0.391 e. The second kappa shape index (κ2) is 5.28. The zero-order chi connectivity index (χ0) is 15.7. The number of aliphatic hydroxyl groups is 1. The summed E-state index contributed by atoms with van der Waals surface area (Å²) in [4.78, 5) is 9.54. The average molecular weight is 292 g/mol. The van der Waals surface area contributed by atoms with Crippen LogP contribution >= 0.6 is 0 Å². The molecule has 1 unspecified atom stereocenters. The predicted octanol–water partition coefficient (Wildman–Crippen LogP) is 3.18. The zero-order valence-electron chi connectivity index (χ0n) is 11.2. The Labute approximate surface area is 113 Å². The number of nitrogens with one attached hydrogen (secondary N) is 1. The Morgan fingerprint density at radius 2 is 1.90 bits per heavy atom. The van der Waals surface area contributed by atoms with Crippen molar-refractivity contribution in [3.8, 4) is 0 Å². The van der Waals surface area contributed by atoms with E-state index in [1.165, 1.54) is 13.0 Å². The van der Waals surface area contributed by atoms with Crippen LogP contribution in [0.25, 0.3) is 0 Å². The van der Waals surface area contributed by atoms with Crippen LogP contribution in [0.5, 0.6) is 0 Å². The van der Waals surface area contributed by atoms with Crippen molar-refractivity contribution in [1.82, 2.24) is 0 Å². The molecule has 0 fully saturated rings. The van der Waals surface area contributed by atoms with Crippen LogP contribution < -0.4 is 5.32 Å². The van der Waals surface area contributed by atoms with Gasteiger partial charge in [0.25, 0.3) is 5.69 Å². The lowest BCUT2D eigenvalue weighted by Gasteiger charge is -2.30. The molecule has 20 heavy (non-hydrogen) atoms. The van der Waals surface area contributed by atoms with Gasteiger partial charge in [0.05, 0.1) is 16.6 Å². The molecule has 0 aromatic heterocycles. The van der Waals surface area contributed by atoms with Crippen LogP contribution in [0.4, 0.5) is 24.5 Å². The summed E-state index contributed by atoms with van der Waals surface area (Å²) in [6.07, 6.45) is -5.65. The Balaban J connectivity index is 3.24. The van der Waals surface area contributed by atoms with Gasteiger partial charge in [-0.25, -0.2) is 0 Å². The molecule has 0 heterocycles. The largest absolute Gasteiger partial charge is 0.423 e. The minimum Gasteiger partial charge on any atom is -0.391 e. The van der Waals surface area contributed by atoms with E-state index in [0.717, 1.165) is 6.07 Å². The topological polar surface area (TPSA) is 75.4 Å². The zero-order valence-corrected chi connectivity index (χ0v) is 11.2. The molecular weight excluding hydrogens is 277 g/mol. The highest BCUT2D eigenvalue weighted by Crippen LogP contribution is 2.38. The molecule has 0 aliphatic carbocycles. The molecule has 2 N–H and O–H groups in total. The van der Waals surface area contributed by atoms with Crippen LogP contribution in [0.3, 0.4) is 0 Å². The van der Waals surface area contributed by atoms with E-state index in [2.05, 4.69) is 5.32 Å². The van der Waals surface area contributed by atoms with Gasteiger partial charge in [-0.15, -0.1) is 0 Å². The number of rotatable bonds is 4. The molecular formula is C12H15F3N2O3. The fourth-order valence-electron chi connectivity index (χ4n) is 1.48. The number of halogens is 3. The molecule has 0 bridgehead atoms.